The summed E-state index contributed by atoms with van der Waals surface area (Å²) in [6.07, 6.45) is 0. The molecule has 0 spiro atoms. The van der Waals surface area contributed by atoms with Crippen LogP contribution in [0.1, 0.15) is 0 Å². The average Bonchev–Trinajstić information content (AvgIpc) is 1.12. The van der Waals surface area contributed by atoms with E-state index >= 15 is 0 Å². The SMILES string of the molecule is O[Si](O)(O)O.O[Si](O)(O)O.[BaH2].[SrH2]. The zero-order chi connectivity index (χ0) is 9.00. The van der Waals surface area contributed by atoms with Gasteiger partial charge in [0, 0.05) is 0 Å². The molecule has 12 heteroatoms. The maximum atomic E-state index is 7.33. The molecule has 0 aliphatic rings. The molecule has 0 fully saturated rings. The summed E-state index contributed by atoms with van der Waals surface area (Å²) in [7, 11) is -9.22. The van der Waals surface area contributed by atoms with Crippen LogP contribution >= 0.6 is 0 Å². The Morgan fingerprint density at radius 2 is 0.500 bits per heavy atom. The minimum absolute atomic E-state index is 0. The summed E-state index contributed by atoms with van der Waals surface area (Å²) in [5.74, 6) is 0. The van der Waals surface area contributed by atoms with Gasteiger partial charge in [-0.25, -0.2) is 0 Å². The molecule has 8 nitrogen and oxygen atoms in total. The van der Waals surface area contributed by atoms with E-state index in [9.17, 15) is 0 Å². The minimum atomic E-state index is -4.61. The Morgan fingerprint density at radius 3 is 0.500 bits per heavy atom. The van der Waals surface area contributed by atoms with Crippen molar-refractivity contribution >= 4 is 112 Å². The molecule has 0 radical (unpaired) electrons. The van der Waals surface area contributed by atoms with E-state index in [-0.39, 0.29) is 94.4 Å². The van der Waals surface area contributed by atoms with Crippen molar-refractivity contribution in [3.8, 4) is 0 Å². The average molecular weight is 421 g/mol. The van der Waals surface area contributed by atoms with Gasteiger partial charge in [0.25, 0.3) is 0 Å². The third-order valence-electron chi connectivity index (χ3n) is 0. The number of hydrogen-bond acceptors (Lipinski definition) is 8. The summed E-state index contributed by atoms with van der Waals surface area (Å²) in [5, 5.41) is 0. The zero-order valence-electron chi connectivity index (χ0n) is 4.58. The molecule has 0 rings (SSSR count). The second kappa shape index (κ2) is 10.7. The first-order valence-corrected chi connectivity index (χ1v) is 5.37. The van der Waals surface area contributed by atoms with E-state index in [1.165, 1.54) is 0 Å². The van der Waals surface area contributed by atoms with Crippen molar-refractivity contribution in [3.63, 3.8) is 0 Å². The molecule has 0 saturated carbocycles. The van der Waals surface area contributed by atoms with Crippen LogP contribution in [0.2, 0.25) is 0 Å². The van der Waals surface area contributed by atoms with Gasteiger partial charge in [0.15, 0.2) is 0 Å². The van der Waals surface area contributed by atoms with Crippen molar-refractivity contribution < 1.29 is 38.4 Å². The molecule has 0 amide bonds. The van der Waals surface area contributed by atoms with E-state index in [1.54, 1.807) is 0 Å². The Labute approximate surface area is 147 Å². The van der Waals surface area contributed by atoms with Crippen LogP contribution in [0.5, 0.6) is 0 Å². The molecular weight excluding hydrogens is 409 g/mol. The Hall–Kier alpha value is 3.17. The van der Waals surface area contributed by atoms with Crippen LogP contribution in [0.15, 0.2) is 0 Å². The number of rotatable bonds is 0. The van der Waals surface area contributed by atoms with Crippen LogP contribution in [0.25, 0.3) is 0 Å². The van der Waals surface area contributed by atoms with Gasteiger partial charge in [-0.2, -0.15) is 0 Å². The molecule has 0 aromatic heterocycles. The van der Waals surface area contributed by atoms with Gasteiger partial charge in [-0.05, 0) is 0 Å². The topological polar surface area (TPSA) is 162 Å². The van der Waals surface area contributed by atoms with E-state index in [1.807, 2.05) is 0 Å². The molecule has 0 unspecified atom stereocenters. The Bertz CT molecular complexity index is 60.0. The van der Waals surface area contributed by atoms with Crippen LogP contribution in [0.3, 0.4) is 0 Å². The standard InChI is InChI=1S/Ba.2H4O4Si.Sr.4H/c;2*1-5(2,3)4;;;;;/h;2*1-4H;;;;;. The van der Waals surface area contributed by atoms with Gasteiger partial charge in [-0.1, -0.05) is 0 Å². The molecule has 0 aromatic carbocycles. The van der Waals surface area contributed by atoms with E-state index in [0.29, 0.717) is 0 Å². The molecule has 72 valence electrons. The van der Waals surface area contributed by atoms with Gasteiger partial charge in [0.2, 0.25) is 0 Å². The van der Waals surface area contributed by atoms with Gasteiger partial charge < -0.3 is 38.4 Å². The molecule has 0 heterocycles. The van der Waals surface area contributed by atoms with Crippen LogP contribution in [0.4, 0.5) is 0 Å². The molecule has 0 saturated heterocycles. The van der Waals surface area contributed by atoms with Gasteiger partial charge in [0.05, 0.1) is 0 Å². The Morgan fingerprint density at radius 1 is 0.500 bits per heavy atom. The second-order valence-electron chi connectivity index (χ2n) is 1.20. The van der Waals surface area contributed by atoms with Crippen molar-refractivity contribution in [2.24, 2.45) is 0 Å². The van der Waals surface area contributed by atoms with Crippen LogP contribution in [-0.2, 0) is 0 Å². The molecule has 0 atom stereocenters. The third-order valence-corrected chi connectivity index (χ3v) is 0. The fraction of sp³-hybridized carbons (Fsp3) is 0. The summed E-state index contributed by atoms with van der Waals surface area (Å²) >= 11 is 0. The van der Waals surface area contributed by atoms with Crippen molar-refractivity contribution in [1.82, 2.24) is 0 Å². The first-order valence-electron chi connectivity index (χ1n) is 1.79. The molecule has 12 heavy (non-hydrogen) atoms. The molecule has 0 bridgehead atoms. The van der Waals surface area contributed by atoms with Crippen molar-refractivity contribution in [2.45, 2.75) is 0 Å². The first kappa shape index (κ1) is 24.4. The molecular formula is H12BaO8Si2Sr. The van der Waals surface area contributed by atoms with Crippen molar-refractivity contribution in [1.29, 1.82) is 0 Å². The maximum absolute atomic E-state index is 7.33. The Balaban J connectivity index is -0.0000000457. The monoisotopic (exact) mass is 422 g/mol. The van der Waals surface area contributed by atoms with Crippen molar-refractivity contribution in [3.05, 3.63) is 0 Å². The van der Waals surface area contributed by atoms with Crippen molar-refractivity contribution in [2.75, 3.05) is 0 Å². The first-order chi connectivity index (χ1) is 4.00. The van der Waals surface area contributed by atoms with Gasteiger partial charge in [-0.15, -0.1) is 0 Å². The van der Waals surface area contributed by atoms with Crippen LogP contribution < -0.4 is 0 Å². The predicted octanol–water partition coefficient (Wildman–Crippen LogP) is -7.05. The number of hydrogen-bond donors (Lipinski definition) is 8. The van der Waals surface area contributed by atoms with E-state index in [4.69, 9.17) is 38.4 Å². The summed E-state index contributed by atoms with van der Waals surface area (Å²) in [4.78, 5) is 58.6. The quantitative estimate of drug-likeness (QED) is 0.179. The summed E-state index contributed by atoms with van der Waals surface area (Å²) in [6.45, 7) is 0. The zero-order valence-corrected chi connectivity index (χ0v) is 6.58. The van der Waals surface area contributed by atoms with E-state index in [0.717, 1.165) is 0 Å². The fourth-order valence-electron chi connectivity index (χ4n) is 0. The van der Waals surface area contributed by atoms with E-state index in [2.05, 4.69) is 0 Å². The van der Waals surface area contributed by atoms with E-state index < -0.39 is 18.1 Å². The fourth-order valence-corrected chi connectivity index (χ4v) is 0. The van der Waals surface area contributed by atoms with Gasteiger partial charge in [0.1, 0.15) is 0 Å². The van der Waals surface area contributed by atoms with Crippen LogP contribution in [0, 0.1) is 0 Å². The van der Waals surface area contributed by atoms with Crippen LogP contribution in [-0.4, -0.2) is 151 Å². The molecule has 8 N–H and O–H groups in total. The molecule has 0 aliphatic heterocycles. The third kappa shape index (κ3) is 194. The molecule has 0 aromatic rings. The summed E-state index contributed by atoms with van der Waals surface area (Å²) in [5.41, 5.74) is 0. The Kier molecular flexibility index (Phi) is 21.7. The summed E-state index contributed by atoms with van der Waals surface area (Å²) in [6, 6.07) is 0. The summed E-state index contributed by atoms with van der Waals surface area (Å²) < 4.78 is 0. The van der Waals surface area contributed by atoms with Gasteiger partial charge >= 0.3 is 112 Å². The molecule has 0 aliphatic carbocycles. The van der Waals surface area contributed by atoms with Gasteiger partial charge in [-0.3, -0.25) is 0 Å². The normalized spacial score (nSPS) is 10.0. The predicted molar refractivity (Wildman–Crippen MR) is 46.3 cm³/mol. The second-order valence-corrected chi connectivity index (χ2v) is 3.60.